The van der Waals surface area contributed by atoms with E-state index in [-0.39, 0.29) is 0 Å². The summed E-state index contributed by atoms with van der Waals surface area (Å²) in [7, 11) is 4.34. The van der Waals surface area contributed by atoms with Crippen LogP contribution in [0.2, 0.25) is 0 Å². The molecule has 0 amide bonds. The second kappa shape index (κ2) is 7.46. The van der Waals surface area contributed by atoms with Crippen LogP contribution in [-0.2, 0) is 0 Å². The molecular weight excluding hydrogens is 222 g/mol. The molecule has 108 valence electrons. The first-order valence-electron chi connectivity index (χ1n) is 7.62. The summed E-state index contributed by atoms with van der Waals surface area (Å²) in [5, 5.41) is 3.50. The molecule has 1 saturated heterocycles. The van der Waals surface area contributed by atoms with Crippen molar-refractivity contribution in [1.82, 2.24) is 15.1 Å². The zero-order valence-electron chi connectivity index (χ0n) is 13.1. The van der Waals surface area contributed by atoms with Crippen molar-refractivity contribution in [3.8, 4) is 0 Å². The first kappa shape index (κ1) is 15.9. The van der Waals surface area contributed by atoms with Gasteiger partial charge in [0, 0.05) is 19.1 Å². The Labute approximate surface area is 114 Å². The number of nitrogens with one attached hydrogen (secondary N) is 1. The van der Waals surface area contributed by atoms with Gasteiger partial charge in [0.2, 0.25) is 0 Å². The van der Waals surface area contributed by atoms with E-state index in [2.05, 4.69) is 50.0 Å². The number of rotatable bonds is 7. The van der Waals surface area contributed by atoms with Crippen LogP contribution < -0.4 is 5.32 Å². The zero-order valence-corrected chi connectivity index (χ0v) is 13.1. The molecule has 1 atom stereocenters. The standard InChI is InChI=1S/C15H33N3/c1-6-15(8-10-16-11-9-15)13-18(7-2)14(3)12-17(4)5/h14,16H,6-13H2,1-5H3. The summed E-state index contributed by atoms with van der Waals surface area (Å²) in [6.45, 7) is 13.0. The van der Waals surface area contributed by atoms with Gasteiger partial charge in [0.15, 0.2) is 0 Å². The monoisotopic (exact) mass is 255 g/mol. The molecule has 0 aliphatic carbocycles. The van der Waals surface area contributed by atoms with Gasteiger partial charge in [0.25, 0.3) is 0 Å². The summed E-state index contributed by atoms with van der Waals surface area (Å²) >= 11 is 0. The second-order valence-electron chi connectivity index (χ2n) is 6.28. The molecule has 1 aliphatic heterocycles. The van der Waals surface area contributed by atoms with Crippen LogP contribution in [0.25, 0.3) is 0 Å². The van der Waals surface area contributed by atoms with Crippen LogP contribution in [-0.4, -0.2) is 62.7 Å². The molecule has 0 bridgehead atoms. The third-order valence-electron chi connectivity index (χ3n) is 4.61. The molecule has 1 N–H and O–H groups in total. The molecular formula is C15H33N3. The summed E-state index contributed by atoms with van der Waals surface area (Å²) in [5.41, 5.74) is 0.557. The van der Waals surface area contributed by atoms with E-state index in [4.69, 9.17) is 0 Å². The summed E-state index contributed by atoms with van der Waals surface area (Å²) in [6.07, 6.45) is 4.00. The highest BCUT2D eigenvalue weighted by atomic mass is 15.2. The fourth-order valence-corrected chi connectivity index (χ4v) is 3.23. The number of hydrogen-bond acceptors (Lipinski definition) is 3. The third-order valence-corrected chi connectivity index (χ3v) is 4.61. The number of hydrogen-bond donors (Lipinski definition) is 1. The largest absolute Gasteiger partial charge is 0.317 e. The van der Waals surface area contributed by atoms with E-state index >= 15 is 0 Å². The molecule has 0 radical (unpaired) electrons. The highest BCUT2D eigenvalue weighted by Crippen LogP contribution is 2.33. The minimum atomic E-state index is 0.557. The predicted octanol–water partition coefficient (Wildman–Crippen LogP) is 2.04. The average molecular weight is 255 g/mol. The van der Waals surface area contributed by atoms with Crippen LogP contribution in [0.5, 0.6) is 0 Å². The van der Waals surface area contributed by atoms with E-state index in [1.807, 2.05) is 0 Å². The van der Waals surface area contributed by atoms with Gasteiger partial charge < -0.3 is 10.2 Å². The Bertz CT molecular complexity index is 222. The van der Waals surface area contributed by atoms with Crippen molar-refractivity contribution in [2.45, 2.75) is 46.1 Å². The predicted molar refractivity (Wildman–Crippen MR) is 80.1 cm³/mol. The normalized spacial score (nSPS) is 21.5. The van der Waals surface area contributed by atoms with Gasteiger partial charge >= 0.3 is 0 Å². The van der Waals surface area contributed by atoms with E-state index in [0.29, 0.717) is 11.5 Å². The smallest absolute Gasteiger partial charge is 0.0194 e. The lowest BCUT2D eigenvalue weighted by molar-refractivity contribution is 0.0767. The van der Waals surface area contributed by atoms with Crippen LogP contribution >= 0.6 is 0 Å². The fourth-order valence-electron chi connectivity index (χ4n) is 3.23. The van der Waals surface area contributed by atoms with Crippen LogP contribution in [0.15, 0.2) is 0 Å². The Kier molecular flexibility index (Phi) is 6.61. The Morgan fingerprint density at radius 2 is 1.78 bits per heavy atom. The number of likely N-dealkylation sites (N-methyl/N-ethyl adjacent to an activating group) is 2. The molecule has 0 saturated carbocycles. The molecule has 3 heteroatoms. The maximum atomic E-state index is 3.50. The highest BCUT2D eigenvalue weighted by Gasteiger charge is 2.32. The van der Waals surface area contributed by atoms with E-state index in [1.165, 1.54) is 45.4 Å². The molecule has 1 fully saturated rings. The average Bonchev–Trinajstić information content (AvgIpc) is 2.36. The first-order valence-corrected chi connectivity index (χ1v) is 7.62. The van der Waals surface area contributed by atoms with Gasteiger partial charge in [0.1, 0.15) is 0 Å². The molecule has 1 aliphatic rings. The lowest BCUT2D eigenvalue weighted by Gasteiger charge is -2.43. The molecule has 1 unspecified atom stereocenters. The summed E-state index contributed by atoms with van der Waals surface area (Å²) < 4.78 is 0. The van der Waals surface area contributed by atoms with E-state index < -0.39 is 0 Å². The number of piperidine rings is 1. The van der Waals surface area contributed by atoms with Gasteiger partial charge in [-0.15, -0.1) is 0 Å². The van der Waals surface area contributed by atoms with Crippen molar-refractivity contribution in [2.75, 3.05) is 46.8 Å². The van der Waals surface area contributed by atoms with Crippen LogP contribution in [0.3, 0.4) is 0 Å². The Morgan fingerprint density at radius 3 is 2.22 bits per heavy atom. The molecule has 0 aromatic heterocycles. The Balaban J connectivity index is 2.59. The van der Waals surface area contributed by atoms with Gasteiger partial charge in [-0.2, -0.15) is 0 Å². The molecule has 18 heavy (non-hydrogen) atoms. The molecule has 0 spiro atoms. The van der Waals surface area contributed by atoms with E-state index in [0.717, 1.165) is 6.54 Å². The van der Waals surface area contributed by atoms with Crippen molar-refractivity contribution in [1.29, 1.82) is 0 Å². The summed E-state index contributed by atoms with van der Waals surface area (Å²) in [4.78, 5) is 4.98. The maximum absolute atomic E-state index is 3.50. The summed E-state index contributed by atoms with van der Waals surface area (Å²) in [5.74, 6) is 0. The minimum absolute atomic E-state index is 0.557. The third kappa shape index (κ3) is 4.52. The fraction of sp³-hybridized carbons (Fsp3) is 1.00. The van der Waals surface area contributed by atoms with Gasteiger partial charge in [-0.25, -0.2) is 0 Å². The van der Waals surface area contributed by atoms with Gasteiger partial charge in [-0.1, -0.05) is 13.8 Å². The molecule has 1 heterocycles. The van der Waals surface area contributed by atoms with Gasteiger partial charge in [0.05, 0.1) is 0 Å². The van der Waals surface area contributed by atoms with Crippen molar-refractivity contribution in [2.24, 2.45) is 5.41 Å². The number of nitrogens with zero attached hydrogens (tertiary/aromatic N) is 2. The van der Waals surface area contributed by atoms with Crippen molar-refractivity contribution >= 4 is 0 Å². The lowest BCUT2D eigenvalue weighted by atomic mass is 9.76. The Morgan fingerprint density at radius 1 is 1.17 bits per heavy atom. The first-order chi connectivity index (χ1) is 8.53. The second-order valence-corrected chi connectivity index (χ2v) is 6.28. The molecule has 3 nitrogen and oxygen atoms in total. The van der Waals surface area contributed by atoms with Crippen LogP contribution in [0.4, 0.5) is 0 Å². The van der Waals surface area contributed by atoms with E-state index in [9.17, 15) is 0 Å². The quantitative estimate of drug-likeness (QED) is 0.751. The molecule has 0 aromatic rings. The zero-order chi connectivity index (χ0) is 13.6. The minimum Gasteiger partial charge on any atom is -0.317 e. The van der Waals surface area contributed by atoms with Crippen molar-refractivity contribution < 1.29 is 0 Å². The molecule has 0 aromatic carbocycles. The SMILES string of the molecule is CCN(CC1(CC)CCNCC1)C(C)CN(C)C. The lowest BCUT2D eigenvalue weighted by Crippen LogP contribution is -2.49. The van der Waals surface area contributed by atoms with Crippen molar-refractivity contribution in [3.05, 3.63) is 0 Å². The Hall–Kier alpha value is -0.120. The van der Waals surface area contributed by atoms with Crippen LogP contribution in [0.1, 0.15) is 40.0 Å². The molecule has 1 rings (SSSR count). The van der Waals surface area contributed by atoms with E-state index in [1.54, 1.807) is 0 Å². The summed E-state index contributed by atoms with van der Waals surface area (Å²) in [6, 6.07) is 0.656. The topological polar surface area (TPSA) is 18.5 Å². The van der Waals surface area contributed by atoms with Gasteiger partial charge in [-0.05, 0) is 65.3 Å². The van der Waals surface area contributed by atoms with Gasteiger partial charge in [-0.3, -0.25) is 4.90 Å². The van der Waals surface area contributed by atoms with Crippen LogP contribution in [0, 0.1) is 5.41 Å². The van der Waals surface area contributed by atoms with Crippen molar-refractivity contribution in [3.63, 3.8) is 0 Å². The highest BCUT2D eigenvalue weighted by molar-refractivity contribution is 4.87. The maximum Gasteiger partial charge on any atom is 0.0194 e.